The van der Waals surface area contributed by atoms with Crippen molar-refractivity contribution in [2.75, 3.05) is 13.1 Å². The largest absolute Gasteiger partial charge is 0.463 e. The maximum absolute atomic E-state index is 5.87. The molecule has 102 valence electrons. The van der Waals surface area contributed by atoms with Gasteiger partial charge in [-0.15, -0.1) is 0 Å². The van der Waals surface area contributed by atoms with Crippen LogP contribution in [-0.4, -0.2) is 24.0 Å². The third-order valence-corrected chi connectivity index (χ3v) is 3.62. The van der Waals surface area contributed by atoms with Crippen LogP contribution in [0.1, 0.15) is 45.1 Å². The molecule has 1 atom stereocenters. The van der Waals surface area contributed by atoms with Gasteiger partial charge < -0.3 is 9.73 Å². The summed E-state index contributed by atoms with van der Waals surface area (Å²) in [5, 5.41) is 3.41. The van der Waals surface area contributed by atoms with E-state index < -0.39 is 0 Å². The van der Waals surface area contributed by atoms with Crippen LogP contribution in [0.4, 0.5) is 0 Å². The molecule has 1 N–H and O–H groups in total. The zero-order valence-corrected chi connectivity index (χ0v) is 11.9. The van der Waals surface area contributed by atoms with Crippen molar-refractivity contribution in [2.24, 2.45) is 5.92 Å². The predicted molar refractivity (Wildman–Crippen MR) is 74.4 cm³/mol. The summed E-state index contributed by atoms with van der Waals surface area (Å²) >= 11 is 0. The predicted octanol–water partition coefficient (Wildman–Crippen LogP) is 3.01. The molecule has 0 aliphatic carbocycles. The number of nitrogens with one attached hydrogen (secondary N) is 1. The number of nitrogens with zero attached hydrogens (tertiary/aromatic N) is 1. The van der Waals surface area contributed by atoms with E-state index in [1.807, 2.05) is 0 Å². The number of hydrogen-bond acceptors (Lipinski definition) is 3. The van der Waals surface area contributed by atoms with E-state index in [0.717, 1.165) is 31.2 Å². The van der Waals surface area contributed by atoms with Crippen LogP contribution in [0.15, 0.2) is 16.5 Å². The number of rotatable bonds is 6. The molecular weight excluding hydrogens is 224 g/mol. The van der Waals surface area contributed by atoms with E-state index in [0.29, 0.717) is 12.0 Å². The Balaban J connectivity index is 1.78. The third-order valence-electron chi connectivity index (χ3n) is 3.62. The van der Waals surface area contributed by atoms with Gasteiger partial charge in [0.05, 0.1) is 13.1 Å². The van der Waals surface area contributed by atoms with Crippen LogP contribution in [0.25, 0.3) is 0 Å². The first kappa shape index (κ1) is 13.6. The Kier molecular flexibility index (Phi) is 4.84. The van der Waals surface area contributed by atoms with Crippen molar-refractivity contribution in [3.05, 3.63) is 23.7 Å². The van der Waals surface area contributed by atoms with Crippen molar-refractivity contribution in [3.8, 4) is 0 Å². The van der Waals surface area contributed by atoms with Gasteiger partial charge in [-0.1, -0.05) is 13.8 Å². The summed E-state index contributed by atoms with van der Waals surface area (Å²) in [5.74, 6) is 2.84. The molecule has 0 bridgehead atoms. The first-order chi connectivity index (χ1) is 8.65. The average molecular weight is 250 g/mol. The van der Waals surface area contributed by atoms with Gasteiger partial charge in [0.25, 0.3) is 0 Å². The fourth-order valence-corrected chi connectivity index (χ4v) is 2.51. The van der Waals surface area contributed by atoms with Crippen LogP contribution in [-0.2, 0) is 13.1 Å². The van der Waals surface area contributed by atoms with Gasteiger partial charge in [0.2, 0.25) is 0 Å². The highest BCUT2D eigenvalue weighted by Gasteiger charge is 2.21. The summed E-state index contributed by atoms with van der Waals surface area (Å²) in [7, 11) is 0. The fourth-order valence-electron chi connectivity index (χ4n) is 2.51. The van der Waals surface area contributed by atoms with E-state index in [9.17, 15) is 0 Å². The molecule has 2 rings (SSSR count). The minimum absolute atomic E-state index is 0.685. The zero-order valence-electron chi connectivity index (χ0n) is 11.9. The highest BCUT2D eigenvalue weighted by molar-refractivity contribution is 5.07. The summed E-state index contributed by atoms with van der Waals surface area (Å²) in [6, 6.07) is 4.93. The van der Waals surface area contributed by atoms with Crippen LogP contribution in [0, 0.1) is 5.92 Å². The van der Waals surface area contributed by atoms with E-state index in [1.165, 1.54) is 19.4 Å². The molecule has 3 nitrogen and oxygen atoms in total. The lowest BCUT2D eigenvalue weighted by atomic mass is 10.2. The highest BCUT2D eigenvalue weighted by Crippen LogP contribution is 2.20. The smallest absolute Gasteiger partial charge is 0.118 e. The maximum Gasteiger partial charge on any atom is 0.118 e. The van der Waals surface area contributed by atoms with E-state index in [4.69, 9.17) is 4.42 Å². The molecule has 0 amide bonds. The monoisotopic (exact) mass is 250 g/mol. The van der Waals surface area contributed by atoms with Gasteiger partial charge in [-0.3, -0.25) is 4.90 Å². The molecule has 0 saturated carbocycles. The summed E-state index contributed by atoms with van der Waals surface area (Å²) in [4.78, 5) is 2.50. The Morgan fingerprint density at radius 3 is 2.83 bits per heavy atom. The van der Waals surface area contributed by atoms with Crippen LogP contribution in [0.5, 0.6) is 0 Å². The van der Waals surface area contributed by atoms with E-state index in [1.54, 1.807) is 0 Å². The molecule has 1 aliphatic heterocycles. The third kappa shape index (κ3) is 3.85. The minimum Gasteiger partial charge on any atom is -0.463 e. The Labute approximate surface area is 111 Å². The lowest BCUT2D eigenvalue weighted by molar-refractivity contribution is 0.235. The zero-order chi connectivity index (χ0) is 13.0. The Morgan fingerprint density at radius 1 is 1.39 bits per heavy atom. The van der Waals surface area contributed by atoms with Crippen molar-refractivity contribution in [1.82, 2.24) is 10.2 Å². The van der Waals surface area contributed by atoms with E-state index in [-0.39, 0.29) is 0 Å². The molecule has 1 aromatic heterocycles. The first-order valence-corrected chi connectivity index (χ1v) is 7.17. The van der Waals surface area contributed by atoms with Gasteiger partial charge in [-0.05, 0) is 50.9 Å². The van der Waals surface area contributed by atoms with Gasteiger partial charge in [-0.25, -0.2) is 0 Å². The van der Waals surface area contributed by atoms with Gasteiger partial charge in [-0.2, -0.15) is 0 Å². The molecule has 0 aromatic carbocycles. The topological polar surface area (TPSA) is 28.4 Å². The summed E-state index contributed by atoms with van der Waals surface area (Å²) in [6.07, 6.45) is 2.65. The van der Waals surface area contributed by atoms with Crippen molar-refractivity contribution < 1.29 is 4.42 Å². The molecule has 1 saturated heterocycles. The molecule has 18 heavy (non-hydrogen) atoms. The molecule has 3 heteroatoms. The Morgan fingerprint density at radius 2 is 2.17 bits per heavy atom. The van der Waals surface area contributed by atoms with Crippen LogP contribution in [0.2, 0.25) is 0 Å². The first-order valence-electron chi connectivity index (χ1n) is 7.17. The normalized spacial score (nSPS) is 21.0. The van der Waals surface area contributed by atoms with Crippen molar-refractivity contribution in [2.45, 2.75) is 52.7 Å². The molecule has 2 heterocycles. The molecule has 1 fully saturated rings. The molecule has 1 aliphatic rings. The van der Waals surface area contributed by atoms with Crippen molar-refractivity contribution in [1.29, 1.82) is 0 Å². The molecule has 1 aromatic rings. The van der Waals surface area contributed by atoms with Gasteiger partial charge in [0, 0.05) is 6.04 Å². The van der Waals surface area contributed by atoms with Crippen molar-refractivity contribution >= 4 is 0 Å². The second kappa shape index (κ2) is 6.39. The molecule has 1 unspecified atom stereocenters. The Bertz CT molecular complexity index is 359. The Hall–Kier alpha value is -0.800. The SMILES string of the molecule is CC(C)CNCc1ccc(CN2CCCC2C)o1. The number of likely N-dealkylation sites (tertiary alicyclic amines) is 1. The fraction of sp³-hybridized carbons (Fsp3) is 0.733. The number of furan rings is 1. The molecular formula is C15H26N2O. The van der Waals surface area contributed by atoms with Crippen LogP contribution < -0.4 is 5.32 Å². The average Bonchev–Trinajstić information content (AvgIpc) is 2.90. The second-order valence-corrected chi connectivity index (χ2v) is 5.85. The maximum atomic E-state index is 5.87. The molecule has 0 spiro atoms. The molecule has 0 radical (unpaired) electrons. The minimum atomic E-state index is 0.685. The van der Waals surface area contributed by atoms with Gasteiger partial charge in [0.1, 0.15) is 11.5 Å². The number of hydrogen-bond donors (Lipinski definition) is 1. The summed E-state index contributed by atoms with van der Waals surface area (Å²) in [6.45, 7) is 10.8. The van der Waals surface area contributed by atoms with E-state index in [2.05, 4.69) is 43.1 Å². The lowest BCUT2D eigenvalue weighted by Crippen LogP contribution is -2.25. The van der Waals surface area contributed by atoms with Crippen LogP contribution in [0.3, 0.4) is 0 Å². The van der Waals surface area contributed by atoms with Gasteiger partial charge >= 0.3 is 0 Å². The lowest BCUT2D eigenvalue weighted by Gasteiger charge is -2.19. The summed E-state index contributed by atoms with van der Waals surface area (Å²) < 4.78 is 5.87. The second-order valence-electron chi connectivity index (χ2n) is 5.85. The summed E-state index contributed by atoms with van der Waals surface area (Å²) in [5.41, 5.74) is 0. The van der Waals surface area contributed by atoms with Gasteiger partial charge in [0.15, 0.2) is 0 Å². The quantitative estimate of drug-likeness (QED) is 0.841. The van der Waals surface area contributed by atoms with E-state index >= 15 is 0 Å². The van der Waals surface area contributed by atoms with Crippen LogP contribution >= 0.6 is 0 Å². The highest BCUT2D eigenvalue weighted by atomic mass is 16.3. The standard InChI is InChI=1S/C15H26N2O/c1-12(2)9-16-10-14-6-7-15(18-14)11-17-8-4-5-13(17)3/h6-7,12-13,16H,4-5,8-11H2,1-3H3. The van der Waals surface area contributed by atoms with Crippen molar-refractivity contribution in [3.63, 3.8) is 0 Å².